The van der Waals surface area contributed by atoms with Crippen LogP contribution in [0.25, 0.3) is 11.3 Å². The van der Waals surface area contributed by atoms with Gasteiger partial charge in [-0.15, -0.1) is 0 Å². The first-order valence-corrected chi connectivity index (χ1v) is 11.2. The zero-order valence-corrected chi connectivity index (χ0v) is 17.9. The van der Waals surface area contributed by atoms with E-state index in [1.807, 2.05) is 18.2 Å². The lowest BCUT2D eigenvalue weighted by molar-refractivity contribution is 0.102. The third-order valence-electron chi connectivity index (χ3n) is 6.59. The molecule has 2 aromatic carbocycles. The van der Waals surface area contributed by atoms with Crippen LogP contribution in [-0.2, 0) is 12.8 Å². The second-order valence-corrected chi connectivity index (χ2v) is 8.53. The molecule has 0 unspecified atom stereocenters. The average Bonchev–Trinajstić information content (AvgIpc) is 3.00. The third-order valence-corrected chi connectivity index (χ3v) is 6.59. The van der Waals surface area contributed by atoms with E-state index in [2.05, 4.69) is 38.4 Å². The van der Waals surface area contributed by atoms with Crippen molar-refractivity contribution < 1.29 is 4.79 Å². The van der Waals surface area contributed by atoms with E-state index in [0.717, 1.165) is 43.2 Å². The number of carbonyl (C=O) groups excluding carboxylic acids is 1. The summed E-state index contributed by atoms with van der Waals surface area (Å²) in [6.07, 6.45) is 9.20. The van der Waals surface area contributed by atoms with Crippen LogP contribution in [0.5, 0.6) is 0 Å². The molecule has 0 atom stereocenters. The zero-order chi connectivity index (χ0) is 21.9. The van der Waals surface area contributed by atoms with Gasteiger partial charge in [0.15, 0.2) is 0 Å². The predicted octanol–water partition coefficient (Wildman–Crippen LogP) is 4.22. The van der Waals surface area contributed by atoms with Crippen LogP contribution < -0.4 is 5.32 Å². The van der Waals surface area contributed by atoms with E-state index < -0.39 is 0 Å². The van der Waals surface area contributed by atoms with E-state index >= 15 is 0 Å². The number of nitrogens with zero attached hydrogens (tertiary/aromatic N) is 4. The first-order chi connectivity index (χ1) is 15.7. The van der Waals surface area contributed by atoms with E-state index in [-0.39, 0.29) is 11.6 Å². The van der Waals surface area contributed by atoms with Crippen LogP contribution in [0.4, 0.5) is 5.69 Å². The van der Waals surface area contributed by atoms with Crippen LogP contribution in [0.2, 0.25) is 0 Å². The standard InChI is InChI=1S/C26H25N5O/c27-15-18-4-6-20(7-5-18)24-16-29-25(17-28-24)26(32)30-22-9-8-19-10-12-31(23-2-1-3-23)13-11-21(19)14-22/h4-9,14,16-17,23H,1-3,10-13H2,(H,30,32). The molecule has 1 aliphatic heterocycles. The lowest BCUT2D eigenvalue weighted by Gasteiger charge is -2.36. The number of benzene rings is 2. The Bertz CT molecular complexity index is 1160. The minimum atomic E-state index is -0.270. The predicted molar refractivity (Wildman–Crippen MR) is 123 cm³/mol. The van der Waals surface area contributed by atoms with Crippen molar-refractivity contribution in [2.24, 2.45) is 0 Å². The molecular weight excluding hydrogens is 398 g/mol. The lowest BCUT2D eigenvalue weighted by Crippen LogP contribution is -2.41. The highest BCUT2D eigenvalue weighted by molar-refractivity contribution is 6.02. The summed E-state index contributed by atoms with van der Waals surface area (Å²) in [5.41, 5.74) is 5.88. The van der Waals surface area contributed by atoms with Crippen LogP contribution >= 0.6 is 0 Å². The van der Waals surface area contributed by atoms with Crippen LogP contribution in [-0.4, -0.2) is 39.9 Å². The molecule has 1 aromatic heterocycles. The van der Waals surface area contributed by atoms with Crippen molar-refractivity contribution in [3.63, 3.8) is 0 Å². The van der Waals surface area contributed by atoms with Gasteiger partial charge < -0.3 is 5.32 Å². The van der Waals surface area contributed by atoms with Crippen molar-refractivity contribution in [1.29, 1.82) is 5.26 Å². The summed E-state index contributed by atoms with van der Waals surface area (Å²) < 4.78 is 0. The molecule has 1 saturated carbocycles. The molecule has 0 spiro atoms. The third kappa shape index (κ3) is 4.25. The van der Waals surface area contributed by atoms with E-state index in [9.17, 15) is 4.79 Å². The van der Waals surface area contributed by atoms with Gasteiger partial charge in [0.1, 0.15) is 5.69 Å². The van der Waals surface area contributed by atoms with Crippen LogP contribution in [0.1, 0.15) is 46.4 Å². The Morgan fingerprint density at radius 2 is 1.78 bits per heavy atom. The van der Waals surface area contributed by atoms with Crippen molar-refractivity contribution in [2.75, 3.05) is 18.4 Å². The van der Waals surface area contributed by atoms with E-state index in [1.54, 1.807) is 18.3 Å². The zero-order valence-electron chi connectivity index (χ0n) is 17.9. The lowest BCUT2D eigenvalue weighted by atomic mass is 9.91. The highest BCUT2D eigenvalue weighted by Crippen LogP contribution is 2.28. The molecule has 0 bridgehead atoms. The second kappa shape index (κ2) is 8.89. The maximum Gasteiger partial charge on any atom is 0.275 e. The first kappa shape index (κ1) is 20.3. The number of hydrogen-bond acceptors (Lipinski definition) is 5. The first-order valence-electron chi connectivity index (χ1n) is 11.2. The van der Waals surface area contributed by atoms with Gasteiger partial charge in [0.25, 0.3) is 5.91 Å². The van der Waals surface area contributed by atoms with E-state index in [1.165, 1.54) is 36.6 Å². The molecule has 0 saturated heterocycles. The fraction of sp³-hybridized carbons (Fsp3) is 0.308. The summed E-state index contributed by atoms with van der Waals surface area (Å²) in [7, 11) is 0. The molecule has 1 N–H and O–H groups in total. The number of anilines is 1. The molecule has 1 aliphatic carbocycles. The molecule has 3 aromatic rings. The number of amides is 1. The Labute approximate surface area is 187 Å². The van der Waals surface area contributed by atoms with Gasteiger partial charge >= 0.3 is 0 Å². The SMILES string of the molecule is N#Cc1ccc(-c2cnc(C(=O)Nc3ccc4c(c3)CCN(C3CCC3)CC4)cn2)cc1. The fourth-order valence-electron chi connectivity index (χ4n) is 4.44. The number of nitriles is 1. The number of carbonyl (C=O) groups is 1. The minimum absolute atomic E-state index is 0.270. The molecule has 5 rings (SSSR count). The highest BCUT2D eigenvalue weighted by atomic mass is 16.1. The largest absolute Gasteiger partial charge is 0.321 e. The minimum Gasteiger partial charge on any atom is -0.321 e. The van der Waals surface area contributed by atoms with Crippen molar-refractivity contribution in [2.45, 2.75) is 38.1 Å². The maximum atomic E-state index is 12.7. The molecule has 6 nitrogen and oxygen atoms in total. The maximum absolute atomic E-state index is 12.7. The summed E-state index contributed by atoms with van der Waals surface area (Å²) in [5.74, 6) is -0.270. The van der Waals surface area contributed by atoms with Crippen molar-refractivity contribution in [3.05, 3.63) is 77.2 Å². The molecule has 2 heterocycles. The molecule has 160 valence electrons. The molecule has 2 aliphatic rings. The Morgan fingerprint density at radius 1 is 1.00 bits per heavy atom. The smallest absolute Gasteiger partial charge is 0.275 e. The average molecular weight is 424 g/mol. The topological polar surface area (TPSA) is 81.9 Å². The summed E-state index contributed by atoms with van der Waals surface area (Å²) >= 11 is 0. The molecule has 32 heavy (non-hydrogen) atoms. The molecular formula is C26H25N5O. The number of fused-ring (bicyclic) bond motifs is 1. The van der Waals surface area contributed by atoms with Crippen molar-refractivity contribution in [1.82, 2.24) is 14.9 Å². The van der Waals surface area contributed by atoms with Gasteiger partial charge in [-0.3, -0.25) is 14.7 Å². The van der Waals surface area contributed by atoms with Gasteiger partial charge in [-0.05, 0) is 61.1 Å². The van der Waals surface area contributed by atoms with E-state index in [4.69, 9.17) is 5.26 Å². The molecule has 1 amide bonds. The Balaban J connectivity index is 1.25. The van der Waals surface area contributed by atoms with Crippen molar-refractivity contribution >= 4 is 11.6 Å². The van der Waals surface area contributed by atoms with Crippen LogP contribution in [0.3, 0.4) is 0 Å². The molecule has 0 radical (unpaired) electrons. The second-order valence-electron chi connectivity index (χ2n) is 8.53. The van der Waals surface area contributed by atoms with Gasteiger partial charge in [0, 0.05) is 30.4 Å². The van der Waals surface area contributed by atoms with Crippen LogP contribution in [0, 0.1) is 11.3 Å². The summed E-state index contributed by atoms with van der Waals surface area (Å²) in [6, 6.07) is 16.2. The van der Waals surface area contributed by atoms with Gasteiger partial charge in [0.2, 0.25) is 0 Å². The normalized spacial score (nSPS) is 16.3. The Hall–Kier alpha value is -3.56. The molecule has 1 fully saturated rings. The Kier molecular flexibility index (Phi) is 5.66. The van der Waals surface area contributed by atoms with Gasteiger partial charge in [-0.2, -0.15) is 5.26 Å². The summed E-state index contributed by atoms with van der Waals surface area (Å²) in [5, 5.41) is 11.9. The highest BCUT2D eigenvalue weighted by Gasteiger charge is 2.26. The van der Waals surface area contributed by atoms with E-state index in [0.29, 0.717) is 11.3 Å². The molecule has 6 heteroatoms. The van der Waals surface area contributed by atoms with Crippen LogP contribution in [0.15, 0.2) is 54.9 Å². The summed E-state index contributed by atoms with van der Waals surface area (Å²) in [6.45, 7) is 2.22. The summed E-state index contributed by atoms with van der Waals surface area (Å²) in [4.78, 5) is 24.0. The number of hydrogen-bond donors (Lipinski definition) is 1. The number of aromatic nitrogens is 2. The quantitative estimate of drug-likeness (QED) is 0.679. The van der Waals surface area contributed by atoms with Gasteiger partial charge in [0.05, 0.1) is 29.7 Å². The fourth-order valence-corrected chi connectivity index (χ4v) is 4.44. The van der Waals surface area contributed by atoms with Gasteiger partial charge in [-0.25, -0.2) is 4.98 Å². The number of rotatable bonds is 4. The number of nitrogens with one attached hydrogen (secondary N) is 1. The van der Waals surface area contributed by atoms with Gasteiger partial charge in [-0.1, -0.05) is 24.6 Å². The van der Waals surface area contributed by atoms with Crippen molar-refractivity contribution in [3.8, 4) is 17.3 Å². The monoisotopic (exact) mass is 423 g/mol. The Morgan fingerprint density at radius 3 is 2.44 bits per heavy atom.